The van der Waals surface area contributed by atoms with Gasteiger partial charge in [0.15, 0.2) is 0 Å². The molecule has 3 unspecified atom stereocenters. The molecule has 86 valence electrons. The molecule has 0 aromatic rings. The molecule has 1 aliphatic heterocycles. The minimum atomic E-state index is 0.518. The number of rotatable bonds is 0. The second-order valence-electron chi connectivity index (χ2n) is 6.82. The van der Waals surface area contributed by atoms with Gasteiger partial charge in [0, 0.05) is 5.54 Å². The van der Waals surface area contributed by atoms with Crippen molar-refractivity contribution in [3.05, 3.63) is 0 Å². The molecule has 1 spiro atoms. The van der Waals surface area contributed by atoms with Crippen molar-refractivity contribution in [1.29, 1.82) is 0 Å². The summed E-state index contributed by atoms with van der Waals surface area (Å²) < 4.78 is 0. The van der Waals surface area contributed by atoms with Crippen LogP contribution in [0.4, 0.5) is 0 Å². The van der Waals surface area contributed by atoms with Crippen molar-refractivity contribution in [2.24, 2.45) is 17.3 Å². The molecule has 3 fully saturated rings. The third-order valence-corrected chi connectivity index (χ3v) is 5.67. The first kappa shape index (κ1) is 10.1. The van der Waals surface area contributed by atoms with Crippen LogP contribution >= 0.6 is 0 Å². The Labute approximate surface area is 94.0 Å². The predicted molar refractivity (Wildman–Crippen MR) is 63.8 cm³/mol. The summed E-state index contributed by atoms with van der Waals surface area (Å²) in [5.74, 6) is 2.04. The van der Waals surface area contributed by atoms with Gasteiger partial charge in [0.25, 0.3) is 0 Å². The van der Waals surface area contributed by atoms with E-state index in [4.69, 9.17) is 0 Å². The molecule has 0 aromatic heterocycles. The zero-order valence-corrected chi connectivity index (χ0v) is 10.3. The van der Waals surface area contributed by atoms with Gasteiger partial charge in [0.05, 0.1) is 0 Å². The van der Waals surface area contributed by atoms with Crippen LogP contribution in [0.3, 0.4) is 0 Å². The van der Waals surface area contributed by atoms with Gasteiger partial charge in [-0.05, 0) is 55.9 Å². The summed E-state index contributed by atoms with van der Waals surface area (Å²) in [6.07, 6.45) is 10.3. The summed E-state index contributed by atoms with van der Waals surface area (Å²) in [7, 11) is 0. The summed E-state index contributed by atoms with van der Waals surface area (Å²) >= 11 is 0. The molecule has 0 radical (unpaired) electrons. The van der Waals surface area contributed by atoms with Crippen LogP contribution in [-0.4, -0.2) is 12.1 Å². The SMILES string of the molecule is CC1(C)CC2CCCC(C2)C12CCCN2. The zero-order valence-electron chi connectivity index (χ0n) is 10.3. The standard InChI is InChI=1S/C14H25N/c1-13(2)10-11-5-3-6-12(9-11)14(13)7-4-8-15-14/h11-12,15H,3-10H2,1-2H3. The Morgan fingerprint density at radius 3 is 2.73 bits per heavy atom. The molecule has 1 heterocycles. The van der Waals surface area contributed by atoms with Gasteiger partial charge in [0.2, 0.25) is 0 Å². The van der Waals surface area contributed by atoms with Crippen LogP contribution in [0, 0.1) is 17.3 Å². The first-order valence-electron chi connectivity index (χ1n) is 6.89. The number of fused-ring (bicyclic) bond motifs is 3. The number of hydrogen-bond donors (Lipinski definition) is 1. The van der Waals surface area contributed by atoms with Gasteiger partial charge in [-0.1, -0.05) is 26.7 Å². The highest BCUT2D eigenvalue weighted by Gasteiger charge is 2.56. The Morgan fingerprint density at radius 1 is 1.13 bits per heavy atom. The molecule has 0 amide bonds. The van der Waals surface area contributed by atoms with Gasteiger partial charge < -0.3 is 5.32 Å². The second-order valence-corrected chi connectivity index (χ2v) is 6.82. The van der Waals surface area contributed by atoms with Crippen LogP contribution in [-0.2, 0) is 0 Å². The van der Waals surface area contributed by atoms with Gasteiger partial charge in [-0.3, -0.25) is 0 Å². The van der Waals surface area contributed by atoms with Gasteiger partial charge in [-0.25, -0.2) is 0 Å². The second kappa shape index (κ2) is 3.23. The fraction of sp³-hybridized carbons (Fsp3) is 1.00. The molecule has 0 aromatic carbocycles. The maximum Gasteiger partial charge on any atom is 0.0261 e. The van der Waals surface area contributed by atoms with E-state index in [1.54, 1.807) is 0 Å². The van der Waals surface area contributed by atoms with Gasteiger partial charge in [-0.2, -0.15) is 0 Å². The van der Waals surface area contributed by atoms with E-state index in [2.05, 4.69) is 19.2 Å². The van der Waals surface area contributed by atoms with Crippen LogP contribution in [0.15, 0.2) is 0 Å². The molecule has 3 aliphatic rings. The molecule has 3 rings (SSSR count). The van der Waals surface area contributed by atoms with Gasteiger partial charge >= 0.3 is 0 Å². The van der Waals surface area contributed by atoms with Crippen LogP contribution < -0.4 is 5.32 Å². The normalized spacial score (nSPS) is 48.4. The first-order chi connectivity index (χ1) is 7.14. The lowest BCUT2D eigenvalue weighted by Crippen LogP contribution is -2.61. The average Bonchev–Trinajstić information content (AvgIpc) is 2.65. The quantitative estimate of drug-likeness (QED) is 0.642. The molecule has 2 aliphatic carbocycles. The lowest BCUT2D eigenvalue weighted by molar-refractivity contribution is -0.0330. The lowest BCUT2D eigenvalue weighted by atomic mass is 9.51. The summed E-state index contributed by atoms with van der Waals surface area (Å²) in [5, 5.41) is 3.92. The highest BCUT2D eigenvalue weighted by atomic mass is 15.0. The maximum absolute atomic E-state index is 3.92. The van der Waals surface area contributed by atoms with E-state index in [0.717, 1.165) is 11.8 Å². The van der Waals surface area contributed by atoms with E-state index in [1.165, 1.54) is 51.5 Å². The van der Waals surface area contributed by atoms with Crippen molar-refractivity contribution in [3.8, 4) is 0 Å². The van der Waals surface area contributed by atoms with Crippen LogP contribution in [0.25, 0.3) is 0 Å². The van der Waals surface area contributed by atoms with Crippen LogP contribution in [0.2, 0.25) is 0 Å². The first-order valence-corrected chi connectivity index (χ1v) is 6.89. The average molecular weight is 207 g/mol. The van der Waals surface area contributed by atoms with Crippen molar-refractivity contribution in [2.45, 2.75) is 64.3 Å². The topological polar surface area (TPSA) is 12.0 Å². The molecule has 2 saturated carbocycles. The molecule has 2 bridgehead atoms. The fourth-order valence-electron chi connectivity index (χ4n) is 5.07. The van der Waals surface area contributed by atoms with E-state index >= 15 is 0 Å². The molecule has 15 heavy (non-hydrogen) atoms. The maximum atomic E-state index is 3.92. The third kappa shape index (κ3) is 1.32. The molecular formula is C14H25N. The van der Waals surface area contributed by atoms with Crippen molar-refractivity contribution < 1.29 is 0 Å². The van der Waals surface area contributed by atoms with E-state index in [9.17, 15) is 0 Å². The molecule has 3 atom stereocenters. The Bertz CT molecular complexity index is 250. The lowest BCUT2D eigenvalue weighted by Gasteiger charge is -2.58. The summed E-state index contributed by atoms with van der Waals surface area (Å²) in [6, 6.07) is 0. The summed E-state index contributed by atoms with van der Waals surface area (Å²) in [4.78, 5) is 0. The third-order valence-electron chi connectivity index (χ3n) is 5.67. The smallest absolute Gasteiger partial charge is 0.0261 e. The Morgan fingerprint density at radius 2 is 2.00 bits per heavy atom. The predicted octanol–water partition coefficient (Wildman–Crippen LogP) is 3.34. The monoisotopic (exact) mass is 207 g/mol. The zero-order chi connectivity index (χ0) is 10.5. The van der Waals surface area contributed by atoms with E-state index in [-0.39, 0.29) is 0 Å². The molecule has 1 nitrogen and oxygen atoms in total. The van der Waals surface area contributed by atoms with E-state index in [1.807, 2.05) is 0 Å². The van der Waals surface area contributed by atoms with Crippen molar-refractivity contribution in [1.82, 2.24) is 5.32 Å². The minimum absolute atomic E-state index is 0.518. The van der Waals surface area contributed by atoms with Crippen LogP contribution in [0.5, 0.6) is 0 Å². The molecular weight excluding hydrogens is 182 g/mol. The highest BCUT2D eigenvalue weighted by Crippen LogP contribution is 2.57. The Balaban J connectivity index is 1.95. The Hall–Kier alpha value is -0.0400. The van der Waals surface area contributed by atoms with E-state index in [0.29, 0.717) is 11.0 Å². The molecule has 1 N–H and O–H groups in total. The van der Waals surface area contributed by atoms with Crippen LogP contribution in [0.1, 0.15) is 58.8 Å². The Kier molecular flexibility index (Phi) is 2.18. The van der Waals surface area contributed by atoms with Crippen molar-refractivity contribution in [2.75, 3.05) is 6.54 Å². The number of nitrogens with one attached hydrogen (secondary N) is 1. The fourth-order valence-corrected chi connectivity index (χ4v) is 5.07. The minimum Gasteiger partial charge on any atom is -0.310 e. The van der Waals surface area contributed by atoms with E-state index < -0.39 is 0 Å². The van der Waals surface area contributed by atoms with Crippen molar-refractivity contribution >= 4 is 0 Å². The largest absolute Gasteiger partial charge is 0.310 e. The van der Waals surface area contributed by atoms with Gasteiger partial charge in [-0.15, -0.1) is 0 Å². The number of hydrogen-bond acceptors (Lipinski definition) is 1. The molecule has 1 heteroatoms. The summed E-state index contributed by atoms with van der Waals surface area (Å²) in [6.45, 7) is 6.32. The summed E-state index contributed by atoms with van der Waals surface area (Å²) in [5.41, 5.74) is 1.06. The molecule has 1 saturated heterocycles. The van der Waals surface area contributed by atoms with Gasteiger partial charge in [0.1, 0.15) is 0 Å². The van der Waals surface area contributed by atoms with Crippen molar-refractivity contribution in [3.63, 3.8) is 0 Å². The highest BCUT2D eigenvalue weighted by molar-refractivity contribution is 5.12.